The zero-order chi connectivity index (χ0) is 14.6. The molecular formula is C14H17N3O3. The van der Waals surface area contributed by atoms with E-state index in [1.54, 1.807) is 6.92 Å². The molecule has 1 amide bonds. The smallest absolute Gasteiger partial charge is 0.354 e. The summed E-state index contributed by atoms with van der Waals surface area (Å²) in [5.41, 5.74) is -0.180. The number of rotatable bonds is 4. The average molecular weight is 275 g/mol. The Morgan fingerprint density at radius 2 is 2.20 bits per heavy atom. The maximum atomic E-state index is 12.2. The molecule has 1 aromatic heterocycles. The van der Waals surface area contributed by atoms with Gasteiger partial charge in [-0.25, -0.2) is 4.79 Å². The van der Waals surface area contributed by atoms with Crippen molar-refractivity contribution in [2.45, 2.75) is 32.6 Å². The van der Waals surface area contributed by atoms with Crippen molar-refractivity contribution in [3.05, 3.63) is 18.0 Å². The number of hydrogen-bond donors (Lipinski definition) is 2. The largest absolute Gasteiger partial charge is 0.461 e. The zero-order valence-corrected chi connectivity index (χ0v) is 11.4. The van der Waals surface area contributed by atoms with E-state index < -0.39 is 11.4 Å². The first-order valence-corrected chi connectivity index (χ1v) is 6.69. The van der Waals surface area contributed by atoms with E-state index in [1.165, 1.54) is 12.3 Å². The number of nitrogens with zero attached hydrogens (tertiary/aromatic N) is 1. The normalized spacial score (nSPS) is 16.4. The number of esters is 1. The molecule has 0 aliphatic heterocycles. The predicted octanol–water partition coefficient (Wildman–Crippen LogP) is 2.21. The van der Waals surface area contributed by atoms with E-state index in [1.807, 2.05) is 0 Å². The first-order chi connectivity index (χ1) is 9.61. The summed E-state index contributed by atoms with van der Waals surface area (Å²) in [4.78, 5) is 26.5. The van der Waals surface area contributed by atoms with Gasteiger partial charge < -0.3 is 15.0 Å². The Kier molecular flexibility index (Phi) is 4.08. The van der Waals surface area contributed by atoms with Crippen LogP contribution in [0.4, 0.5) is 5.69 Å². The summed E-state index contributed by atoms with van der Waals surface area (Å²) in [6.45, 7) is 2.01. The Morgan fingerprint density at radius 1 is 1.50 bits per heavy atom. The van der Waals surface area contributed by atoms with E-state index in [0.717, 1.165) is 12.8 Å². The van der Waals surface area contributed by atoms with Gasteiger partial charge in [-0.15, -0.1) is 0 Å². The molecule has 0 radical (unpaired) electrons. The molecule has 1 saturated carbocycles. The molecule has 0 atom stereocenters. The van der Waals surface area contributed by atoms with Gasteiger partial charge >= 0.3 is 5.97 Å². The van der Waals surface area contributed by atoms with Crippen LogP contribution in [0.1, 0.15) is 43.1 Å². The first kappa shape index (κ1) is 14.1. The van der Waals surface area contributed by atoms with Crippen LogP contribution >= 0.6 is 0 Å². The molecule has 1 aliphatic rings. The van der Waals surface area contributed by atoms with E-state index in [0.29, 0.717) is 18.5 Å². The third-order valence-electron chi connectivity index (χ3n) is 3.54. The lowest BCUT2D eigenvalue weighted by molar-refractivity contribution is -0.122. The van der Waals surface area contributed by atoms with Crippen LogP contribution in [0.25, 0.3) is 0 Å². The summed E-state index contributed by atoms with van der Waals surface area (Å²) in [5, 5.41) is 11.9. The van der Waals surface area contributed by atoms with Crippen molar-refractivity contribution in [2.24, 2.45) is 5.41 Å². The zero-order valence-electron chi connectivity index (χ0n) is 11.4. The minimum atomic E-state index is -0.929. The number of carbonyl (C=O) groups is 2. The molecule has 2 rings (SSSR count). The van der Waals surface area contributed by atoms with Gasteiger partial charge in [0.1, 0.15) is 11.1 Å². The number of nitriles is 1. The molecule has 1 fully saturated rings. The highest BCUT2D eigenvalue weighted by atomic mass is 16.5. The van der Waals surface area contributed by atoms with E-state index in [2.05, 4.69) is 16.4 Å². The maximum absolute atomic E-state index is 12.2. The molecular weight excluding hydrogens is 258 g/mol. The lowest BCUT2D eigenvalue weighted by Crippen LogP contribution is -2.32. The maximum Gasteiger partial charge on any atom is 0.354 e. The van der Waals surface area contributed by atoms with E-state index in [-0.39, 0.29) is 18.2 Å². The minimum Gasteiger partial charge on any atom is -0.461 e. The number of hydrogen-bond acceptors (Lipinski definition) is 4. The van der Waals surface area contributed by atoms with Crippen LogP contribution < -0.4 is 5.32 Å². The molecule has 0 saturated heterocycles. The van der Waals surface area contributed by atoms with Crippen LogP contribution in [0, 0.1) is 16.7 Å². The molecule has 20 heavy (non-hydrogen) atoms. The molecule has 1 aromatic rings. The molecule has 0 unspecified atom stereocenters. The number of anilines is 1. The third kappa shape index (κ3) is 2.67. The molecule has 0 bridgehead atoms. The second kappa shape index (κ2) is 5.78. The Labute approximate surface area is 117 Å². The fourth-order valence-electron chi connectivity index (χ4n) is 2.41. The highest BCUT2D eigenvalue weighted by molar-refractivity contribution is 5.98. The van der Waals surface area contributed by atoms with Crippen molar-refractivity contribution >= 4 is 17.6 Å². The number of nitrogens with one attached hydrogen (secondary N) is 2. The topological polar surface area (TPSA) is 95.0 Å². The fourth-order valence-corrected chi connectivity index (χ4v) is 2.41. The van der Waals surface area contributed by atoms with Crippen LogP contribution in [-0.4, -0.2) is 23.5 Å². The quantitative estimate of drug-likeness (QED) is 0.823. The van der Waals surface area contributed by atoms with Crippen LogP contribution in [0.3, 0.4) is 0 Å². The summed E-state index contributed by atoms with van der Waals surface area (Å²) >= 11 is 0. The number of amides is 1. The Morgan fingerprint density at radius 3 is 2.80 bits per heavy atom. The van der Waals surface area contributed by atoms with Gasteiger partial charge in [0.2, 0.25) is 5.91 Å². The van der Waals surface area contributed by atoms with Crippen molar-refractivity contribution in [3.63, 3.8) is 0 Å². The molecule has 2 N–H and O–H groups in total. The van der Waals surface area contributed by atoms with Crippen LogP contribution in [-0.2, 0) is 9.53 Å². The number of ether oxygens (including phenoxy) is 1. The Bertz CT molecular complexity index is 550. The van der Waals surface area contributed by atoms with Gasteiger partial charge in [0.05, 0.1) is 18.4 Å². The third-order valence-corrected chi connectivity index (χ3v) is 3.54. The van der Waals surface area contributed by atoms with Crippen LogP contribution in [0.2, 0.25) is 0 Å². The standard InChI is InChI=1S/C14H17N3O3/c1-2-20-12(18)11-7-10(8-16-11)17-13(19)14(9-15)5-3-4-6-14/h7-8,16H,2-6H2,1H3,(H,17,19). The fraction of sp³-hybridized carbons (Fsp3) is 0.500. The van der Waals surface area contributed by atoms with Gasteiger partial charge in [0.25, 0.3) is 0 Å². The highest BCUT2D eigenvalue weighted by Crippen LogP contribution is 2.38. The molecule has 6 nitrogen and oxygen atoms in total. The van der Waals surface area contributed by atoms with Crippen molar-refractivity contribution in [2.75, 3.05) is 11.9 Å². The molecule has 0 spiro atoms. The van der Waals surface area contributed by atoms with Crippen molar-refractivity contribution in [1.82, 2.24) is 4.98 Å². The molecule has 1 aliphatic carbocycles. The highest BCUT2D eigenvalue weighted by Gasteiger charge is 2.41. The second-order valence-electron chi connectivity index (χ2n) is 4.88. The summed E-state index contributed by atoms with van der Waals surface area (Å²) in [5.74, 6) is -0.768. The van der Waals surface area contributed by atoms with E-state index in [9.17, 15) is 14.9 Å². The number of carbonyl (C=O) groups excluding carboxylic acids is 2. The molecule has 106 valence electrons. The molecule has 6 heteroatoms. The van der Waals surface area contributed by atoms with Gasteiger partial charge in [-0.3, -0.25) is 4.79 Å². The summed E-state index contributed by atoms with van der Waals surface area (Å²) in [7, 11) is 0. The lowest BCUT2D eigenvalue weighted by Gasteiger charge is -2.18. The van der Waals surface area contributed by atoms with E-state index in [4.69, 9.17) is 4.74 Å². The number of H-pyrrole nitrogens is 1. The molecule has 0 aromatic carbocycles. The first-order valence-electron chi connectivity index (χ1n) is 6.69. The van der Waals surface area contributed by atoms with E-state index >= 15 is 0 Å². The van der Waals surface area contributed by atoms with Gasteiger partial charge in [0, 0.05) is 6.20 Å². The molecule has 1 heterocycles. The van der Waals surface area contributed by atoms with Gasteiger partial charge in [0.15, 0.2) is 0 Å². The van der Waals surface area contributed by atoms with Gasteiger partial charge in [-0.2, -0.15) is 5.26 Å². The van der Waals surface area contributed by atoms with Crippen molar-refractivity contribution < 1.29 is 14.3 Å². The Balaban J connectivity index is 2.05. The SMILES string of the molecule is CCOC(=O)c1cc(NC(=O)C2(C#N)CCCC2)c[nH]1. The average Bonchev–Trinajstić information content (AvgIpc) is 3.08. The lowest BCUT2D eigenvalue weighted by atomic mass is 9.87. The number of aromatic amines is 1. The monoisotopic (exact) mass is 275 g/mol. The van der Waals surface area contributed by atoms with Crippen molar-refractivity contribution in [1.29, 1.82) is 5.26 Å². The number of aromatic nitrogens is 1. The van der Waals surface area contributed by atoms with Gasteiger partial charge in [-0.1, -0.05) is 12.8 Å². The van der Waals surface area contributed by atoms with Crippen molar-refractivity contribution in [3.8, 4) is 6.07 Å². The predicted molar refractivity (Wildman–Crippen MR) is 71.9 cm³/mol. The van der Waals surface area contributed by atoms with Gasteiger partial charge in [-0.05, 0) is 25.8 Å². The van der Waals surface area contributed by atoms with Crippen LogP contribution in [0.15, 0.2) is 12.3 Å². The summed E-state index contributed by atoms with van der Waals surface area (Å²) < 4.78 is 4.85. The summed E-state index contributed by atoms with van der Waals surface area (Å²) in [6.07, 6.45) is 4.48. The van der Waals surface area contributed by atoms with Crippen LogP contribution in [0.5, 0.6) is 0 Å². The minimum absolute atomic E-state index is 0.277. The summed E-state index contributed by atoms with van der Waals surface area (Å²) in [6, 6.07) is 3.64. The Hall–Kier alpha value is -2.29. The second-order valence-corrected chi connectivity index (χ2v) is 4.88.